The number of carbonyl (C=O) groups excluding carboxylic acids is 2. The zero-order valence-corrected chi connectivity index (χ0v) is 16.9. The monoisotopic (exact) mass is 396 g/mol. The molecule has 1 spiro atoms. The molecule has 0 unspecified atom stereocenters. The molecule has 0 aromatic carbocycles. The Balaban J connectivity index is 1.39. The van der Waals surface area contributed by atoms with E-state index in [4.69, 9.17) is 4.42 Å². The number of hydrogen-bond donors (Lipinski definition) is 0. The maximum atomic E-state index is 13.3. The summed E-state index contributed by atoms with van der Waals surface area (Å²) in [6.45, 7) is 5.39. The Labute approximate surface area is 171 Å². The lowest BCUT2D eigenvalue weighted by Crippen LogP contribution is -2.56. The molecule has 2 aromatic heterocycles. The molecule has 0 atom stereocenters. The molecule has 7 heteroatoms. The van der Waals surface area contributed by atoms with Crippen molar-refractivity contribution < 1.29 is 14.0 Å². The second kappa shape index (κ2) is 8.37. The molecule has 2 fully saturated rings. The van der Waals surface area contributed by atoms with Gasteiger partial charge in [0.1, 0.15) is 5.54 Å². The third-order valence-electron chi connectivity index (χ3n) is 6.18. The van der Waals surface area contributed by atoms with Gasteiger partial charge < -0.3 is 9.32 Å². The van der Waals surface area contributed by atoms with Crippen LogP contribution < -0.4 is 0 Å². The predicted molar refractivity (Wildman–Crippen MR) is 108 cm³/mol. The first kappa shape index (κ1) is 19.6. The summed E-state index contributed by atoms with van der Waals surface area (Å²) in [7, 11) is 0. The lowest BCUT2D eigenvalue weighted by atomic mass is 9.85. The van der Waals surface area contributed by atoms with Crippen molar-refractivity contribution in [2.24, 2.45) is 0 Å². The molecular formula is C22H28N4O3. The van der Waals surface area contributed by atoms with E-state index >= 15 is 0 Å². The average molecular weight is 396 g/mol. The number of likely N-dealkylation sites (N-methyl/N-ethyl adjacent to an activating group) is 1. The van der Waals surface area contributed by atoms with Crippen molar-refractivity contribution in [1.29, 1.82) is 0 Å². The Morgan fingerprint density at radius 2 is 2.00 bits per heavy atom. The van der Waals surface area contributed by atoms with Gasteiger partial charge in [-0.3, -0.25) is 19.6 Å². The van der Waals surface area contributed by atoms with E-state index in [1.165, 1.54) is 4.90 Å². The normalized spacial score (nSPS) is 19.5. The first-order chi connectivity index (χ1) is 14.1. The van der Waals surface area contributed by atoms with Crippen LogP contribution in [0.3, 0.4) is 0 Å². The molecule has 3 amide bonds. The van der Waals surface area contributed by atoms with Gasteiger partial charge >= 0.3 is 6.03 Å². The molecule has 7 nitrogen and oxygen atoms in total. The number of amides is 3. The van der Waals surface area contributed by atoms with Gasteiger partial charge in [-0.15, -0.1) is 0 Å². The minimum atomic E-state index is -0.674. The van der Waals surface area contributed by atoms with Crippen molar-refractivity contribution in [2.45, 2.75) is 44.7 Å². The summed E-state index contributed by atoms with van der Waals surface area (Å²) in [6.07, 6.45) is 9.96. The molecule has 0 aliphatic carbocycles. The summed E-state index contributed by atoms with van der Waals surface area (Å²) < 4.78 is 5.15. The van der Waals surface area contributed by atoms with Gasteiger partial charge in [0.05, 0.1) is 12.5 Å². The summed E-state index contributed by atoms with van der Waals surface area (Å²) in [5.74, 6) is -0.0153. The van der Waals surface area contributed by atoms with E-state index in [2.05, 4.69) is 9.88 Å². The van der Waals surface area contributed by atoms with Gasteiger partial charge in [0, 0.05) is 50.7 Å². The number of aryl methyl sites for hydroxylation is 1. The summed E-state index contributed by atoms with van der Waals surface area (Å²) in [5, 5.41) is 0. The molecule has 2 aliphatic rings. The summed E-state index contributed by atoms with van der Waals surface area (Å²) in [4.78, 5) is 36.1. The Morgan fingerprint density at radius 1 is 1.17 bits per heavy atom. The number of hydrogen-bond acceptors (Lipinski definition) is 5. The Morgan fingerprint density at radius 3 is 2.66 bits per heavy atom. The van der Waals surface area contributed by atoms with Crippen LogP contribution in [0, 0.1) is 0 Å². The first-order valence-electron chi connectivity index (χ1n) is 10.4. The number of likely N-dealkylation sites (tertiary alicyclic amines) is 1. The van der Waals surface area contributed by atoms with Gasteiger partial charge in [-0.2, -0.15) is 0 Å². The first-order valence-corrected chi connectivity index (χ1v) is 10.4. The van der Waals surface area contributed by atoms with Crippen LogP contribution in [0.5, 0.6) is 0 Å². The van der Waals surface area contributed by atoms with Gasteiger partial charge in [0.25, 0.3) is 5.91 Å². The third kappa shape index (κ3) is 3.79. The topological polar surface area (TPSA) is 69.9 Å². The van der Waals surface area contributed by atoms with Crippen LogP contribution in [0.1, 0.15) is 37.3 Å². The van der Waals surface area contributed by atoms with Crippen molar-refractivity contribution in [2.75, 3.05) is 26.2 Å². The number of imide groups is 1. The summed E-state index contributed by atoms with van der Waals surface area (Å²) >= 11 is 0. The molecule has 0 N–H and O–H groups in total. The number of nitrogens with zero attached hydrogens (tertiary/aromatic N) is 4. The Bertz CT molecular complexity index is 829. The van der Waals surface area contributed by atoms with Crippen LogP contribution in [0.2, 0.25) is 0 Å². The standard InChI is InChI=1S/C22H28N4O3/c1-2-26-21(28)25(11-4-6-18-5-3-10-23-15-18)20(27)22(26)8-12-24(13-9-22)16-19-7-14-29-17-19/h3,5,7,10,14-15,17H,2,4,6,8-9,11-13,16H2,1H3. The molecule has 4 rings (SSSR count). The minimum absolute atomic E-state index is 0.0153. The van der Waals surface area contributed by atoms with E-state index in [-0.39, 0.29) is 11.9 Å². The zero-order chi connectivity index (χ0) is 20.3. The van der Waals surface area contributed by atoms with E-state index in [9.17, 15) is 9.59 Å². The van der Waals surface area contributed by atoms with E-state index in [0.29, 0.717) is 25.9 Å². The van der Waals surface area contributed by atoms with Crippen molar-refractivity contribution in [1.82, 2.24) is 19.7 Å². The molecule has 0 radical (unpaired) electrons. The third-order valence-corrected chi connectivity index (χ3v) is 6.18. The van der Waals surface area contributed by atoms with Crippen LogP contribution >= 0.6 is 0 Å². The minimum Gasteiger partial charge on any atom is -0.472 e. The van der Waals surface area contributed by atoms with Crippen LogP contribution in [0.15, 0.2) is 47.5 Å². The fourth-order valence-corrected chi connectivity index (χ4v) is 4.61. The molecule has 154 valence electrons. The number of urea groups is 1. The predicted octanol–water partition coefficient (Wildman–Crippen LogP) is 2.93. The van der Waals surface area contributed by atoms with E-state index in [0.717, 1.165) is 43.6 Å². The molecule has 0 bridgehead atoms. The Kier molecular flexibility index (Phi) is 5.67. The highest BCUT2D eigenvalue weighted by Gasteiger charge is 2.57. The van der Waals surface area contributed by atoms with Crippen LogP contribution in [-0.2, 0) is 17.8 Å². The summed E-state index contributed by atoms with van der Waals surface area (Å²) in [5.41, 5.74) is 1.59. The van der Waals surface area contributed by atoms with Gasteiger partial charge in [0.2, 0.25) is 0 Å². The van der Waals surface area contributed by atoms with Crippen molar-refractivity contribution in [3.63, 3.8) is 0 Å². The largest absolute Gasteiger partial charge is 0.472 e. The van der Waals surface area contributed by atoms with E-state index < -0.39 is 5.54 Å². The van der Waals surface area contributed by atoms with Crippen LogP contribution in [-0.4, -0.2) is 63.3 Å². The van der Waals surface area contributed by atoms with E-state index in [1.54, 1.807) is 23.6 Å². The van der Waals surface area contributed by atoms with Crippen molar-refractivity contribution >= 4 is 11.9 Å². The fourth-order valence-electron chi connectivity index (χ4n) is 4.61. The highest BCUT2D eigenvalue weighted by molar-refractivity contribution is 6.07. The molecule has 2 aliphatic heterocycles. The Hall–Kier alpha value is -2.67. The quantitative estimate of drug-likeness (QED) is 0.673. The van der Waals surface area contributed by atoms with Crippen molar-refractivity contribution in [3.05, 3.63) is 54.2 Å². The molecule has 29 heavy (non-hydrogen) atoms. The lowest BCUT2D eigenvalue weighted by Gasteiger charge is -2.41. The maximum Gasteiger partial charge on any atom is 0.327 e. The van der Waals surface area contributed by atoms with Gasteiger partial charge in [-0.1, -0.05) is 6.07 Å². The molecule has 0 saturated carbocycles. The highest BCUT2D eigenvalue weighted by Crippen LogP contribution is 2.37. The van der Waals surface area contributed by atoms with Gasteiger partial charge in [-0.25, -0.2) is 4.79 Å². The highest BCUT2D eigenvalue weighted by atomic mass is 16.3. The van der Waals surface area contributed by atoms with Gasteiger partial charge in [0.15, 0.2) is 0 Å². The number of aromatic nitrogens is 1. The van der Waals surface area contributed by atoms with E-state index in [1.807, 2.05) is 31.3 Å². The smallest absolute Gasteiger partial charge is 0.327 e. The maximum absolute atomic E-state index is 13.3. The molecule has 2 saturated heterocycles. The number of piperidine rings is 1. The second-order valence-corrected chi connectivity index (χ2v) is 7.89. The summed E-state index contributed by atoms with van der Waals surface area (Å²) in [6, 6.07) is 5.77. The van der Waals surface area contributed by atoms with Gasteiger partial charge in [-0.05, 0) is 50.3 Å². The number of furan rings is 1. The lowest BCUT2D eigenvalue weighted by molar-refractivity contribution is -0.135. The fraction of sp³-hybridized carbons (Fsp3) is 0.500. The van der Waals surface area contributed by atoms with Crippen LogP contribution in [0.25, 0.3) is 0 Å². The number of rotatable bonds is 7. The molecule has 4 heterocycles. The van der Waals surface area contributed by atoms with Crippen molar-refractivity contribution in [3.8, 4) is 0 Å². The zero-order valence-electron chi connectivity index (χ0n) is 16.9. The second-order valence-electron chi connectivity index (χ2n) is 7.89. The average Bonchev–Trinajstić information content (AvgIpc) is 3.32. The number of pyridine rings is 1. The number of carbonyl (C=O) groups is 2. The SMILES string of the molecule is CCN1C(=O)N(CCCc2cccnc2)C(=O)C12CCN(Cc1ccoc1)CC2. The molecular weight excluding hydrogens is 368 g/mol. The molecule has 2 aromatic rings. The van der Waals surface area contributed by atoms with Crippen LogP contribution in [0.4, 0.5) is 4.79 Å².